The van der Waals surface area contributed by atoms with Crippen LogP contribution >= 0.6 is 0 Å². The summed E-state index contributed by atoms with van der Waals surface area (Å²) in [5, 5.41) is 5.72. The molecule has 0 spiro atoms. The highest BCUT2D eigenvalue weighted by Gasteiger charge is 2.10. The van der Waals surface area contributed by atoms with E-state index < -0.39 is 0 Å². The molecule has 1 amide bonds. The minimum atomic E-state index is -0.172. The molecule has 0 aliphatic heterocycles. The SMILES string of the molecule is CNC(=O)c1ncccc1NC(C)C. The second-order valence-electron chi connectivity index (χ2n) is 3.28. The number of amides is 1. The van der Waals surface area contributed by atoms with E-state index in [1.165, 1.54) is 0 Å². The molecule has 0 aliphatic carbocycles. The first-order chi connectivity index (χ1) is 6.65. The number of hydrogen-bond acceptors (Lipinski definition) is 3. The van der Waals surface area contributed by atoms with Gasteiger partial charge < -0.3 is 10.6 Å². The number of aromatic nitrogens is 1. The van der Waals surface area contributed by atoms with E-state index in [1.807, 2.05) is 19.9 Å². The Morgan fingerprint density at radius 2 is 2.21 bits per heavy atom. The highest BCUT2D eigenvalue weighted by molar-refractivity contribution is 5.97. The first-order valence-electron chi connectivity index (χ1n) is 4.58. The van der Waals surface area contributed by atoms with Crippen molar-refractivity contribution in [1.82, 2.24) is 10.3 Å². The Morgan fingerprint density at radius 1 is 1.50 bits per heavy atom. The van der Waals surface area contributed by atoms with Crippen LogP contribution in [0.15, 0.2) is 18.3 Å². The van der Waals surface area contributed by atoms with E-state index >= 15 is 0 Å². The van der Waals surface area contributed by atoms with Gasteiger partial charge in [-0.1, -0.05) is 0 Å². The van der Waals surface area contributed by atoms with Crippen LogP contribution in [0, 0.1) is 0 Å². The third kappa shape index (κ3) is 2.45. The number of carbonyl (C=O) groups is 1. The van der Waals surface area contributed by atoms with E-state index in [0.717, 1.165) is 5.69 Å². The van der Waals surface area contributed by atoms with Gasteiger partial charge in [-0.25, -0.2) is 4.98 Å². The van der Waals surface area contributed by atoms with Crippen LogP contribution in [-0.4, -0.2) is 24.0 Å². The predicted molar refractivity (Wildman–Crippen MR) is 56.4 cm³/mol. The molecule has 0 bridgehead atoms. The average Bonchev–Trinajstić information content (AvgIpc) is 2.16. The van der Waals surface area contributed by atoms with Gasteiger partial charge in [-0.3, -0.25) is 4.79 Å². The molecule has 0 saturated carbocycles. The largest absolute Gasteiger partial charge is 0.381 e. The third-order valence-electron chi connectivity index (χ3n) is 1.69. The van der Waals surface area contributed by atoms with E-state index in [4.69, 9.17) is 0 Å². The van der Waals surface area contributed by atoms with Crippen molar-refractivity contribution in [2.45, 2.75) is 19.9 Å². The molecular weight excluding hydrogens is 178 g/mol. The highest BCUT2D eigenvalue weighted by atomic mass is 16.1. The molecule has 0 aliphatic rings. The highest BCUT2D eigenvalue weighted by Crippen LogP contribution is 2.12. The molecule has 1 aromatic rings. The Labute approximate surface area is 83.7 Å². The molecule has 0 radical (unpaired) electrons. The van der Waals surface area contributed by atoms with Gasteiger partial charge in [0.2, 0.25) is 0 Å². The molecule has 1 rings (SSSR count). The standard InChI is InChI=1S/C10H15N3O/c1-7(2)13-8-5-4-6-12-9(8)10(14)11-3/h4-7,13H,1-3H3,(H,11,14). The van der Waals surface area contributed by atoms with E-state index in [1.54, 1.807) is 19.3 Å². The Bertz CT molecular complexity index is 323. The molecule has 0 saturated heterocycles. The second-order valence-corrected chi connectivity index (χ2v) is 3.28. The van der Waals surface area contributed by atoms with Crippen LogP contribution in [-0.2, 0) is 0 Å². The molecule has 2 N–H and O–H groups in total. The smallest absolute Gasteiger partial charge is 0.271 e. The fourth-order valence-corrected chi connectivity index (χ4v) is 1.13. The van der Waals surface area contributed by atoms with Gasteiger partial charge in [-0.2, -0.15) is 0 Å². The summed E-state index contributed by atoms with van der Waals surface area (Å²) in [6.45, 7) is 4.03. The normalized spacial score (nSPS) is 10.0. The van der Waals surface area contributed by atoms with Crippen LogP contribution < -0.4 is 10.6 Å². The van der Waals surface area contributed by atoms with Gasteiger partial charge in [0.1, 0.15) is 0 Å². The van der Waals surface area contributed by atoms with Crippen molar-refractivity contribution in [2.75, 3.05) is 12.4 Å². The molecular formula is C10H15N3O. The summed E-state index contributed by atoms with van der Waals surface area (Å²) in [6, 6.07) is 3.93. The summed E-state index contributed by atoms with van der Waals surface area (Å²) in [6.07, 6.45) is 1.61. The van der Waals surface area contributed by atoms with Gasteiger partial charge in [0.05, 0.1) is 5.69 Å². The molecule has 76 valence electrons. The van der Waals surface area contributed by atoms with Crippen LogP contribution in [0.1, 0.15) is 24.3 Å². The molecule has 1 aromatic heterocycles. The molecule has 4 heteroatoms. The quantitative estimate of drug-likeness (QED) is 0.760. The molecule has 0 unspecified atom stereocenters. The maximum Gasteiger partial charge on any atom is 0.271 e. The molecule has 1 heterocycles. The van der Waals surface area contributed by atoms with Crippen molar-refractivity contribution in [3.63, 3.8) is 0 Å². The van der Waals surface area contributed by atoms with Crippen molar-refractivity contribution < 1.29 is 4.79 Å². The lowest BCUT2D eigenvalue weighted by atomic mass is 10.2. The first kappa shape index (κ1) is 10.5. The Hall–Kier alpha value is -1.58. The number of anilines is 1. The molecule has 4 nitrogen and oxygen atoms in total. The second kappa shape index (κ2) is 4.60. The zero-order chi connectivity index (χ0) is 10.6. The number of pyridine rings is 1. The molecule has 0 atom stereocenters. The van der Waals surface area contributed by atoms with Crippen LogP contribution in [0.5, 0.6) is 0 Å². The van der Waals surface area contributed by atoms with E-state index in [0.29, 0.717) is 5.69 Å². The van der Waals surface area contributed by atoms with Crippen molar-refractivity contribution in [1.29, 1.82) is 0 Å². The van der Waals surface area contributed by atoms with Crippen LogP contribution in [0.4, 0.5) is 5.69 Å². The Balaban J connectivity index is 2.97. The number of hydrogen-bond donors (Lipinski definition) is 2. The lowest BCUT2D eigenvalue weighted by molar-refractivity contribution is 0.0959. The number of carbonyl (C=O) groups excluding carboxylic acids is 1. The summed E-state index contributed by atoms with van der Waals surface area (Å²) < 4.78 is 0. The maximum atomic E-state index is 11.4. The van der Waals surface area contributed by atoms with Gasteiger partial charge in [-0.15, -0.1) is 0 Å². The molecule has 0 aromatic carbocycles. The topological polar surface area (TPSA) is 54.0 Å². The predicted octanol–water partition coefficient (Wildman–Crippen LogP) is 1.26. The van der Waals surface area contributed by atoms with Gasteiger partial charge in [0.25, 0.3) is 5.91 Å². The zero-order valence-electron chi connectivity index (χ0n) is 8.66. The van der Waals surface area contributed by atoms with Crippen molar-refractivity contribution in [3.05, 3.63) is 24.0 Å². The minimum Gasteiger partial charge on any atom is -0.381 e. The number of rotatable bonds is 3. The average molecular weight is 193 g/mol. The minimum absolute atomic E-state index is 0.172. The fraction of sp³-hybridized carbons (Fsp3) is 0.400. The van der Waals surface area contributed by atoms with E-state index in [2.05, 4.69) is 15.6 Å². The lowest BCUT2D eigenvalue weighted by Crippen LogP contribution is -2.22. The Kier molecular flexibility index (Phi) is 3.45. The Morgan fingerprint density at radius 3 is 2.79 bits per heavy atom. The molecule has 0 fully saturated rings. The summed E-state index contributed by atoms with van der Waals surface area (Å²) in [5.41, 5.74) is 1.20. The van der Waals surface area contributed by atoms with Crippen LogP contribution in [0.2, 0.25) is 0 Å². The summed E-state index contributed by atoms with van der Waals surface area (Å²) in [4.78, 5) is 15.4. The zero-order valence-corrected chi connectivity index (χ0v) is 8.66. The summed E-state index contributed by atoms with van der Waals surface area (Å²) in [5.74, 6) is -0.172. The third-order valence-corrected chi connectivity index (χ3v) is 1.69. The van der Waals surface area contributed by atoms with Crippen molar-refractivity contribution in [2.24, 2.45) is 0 Å². The summed E-state index contributed by atoms with van der Waals surface area (Å²) >= 11 is 0. The summed E-state index contributed by atoms with van der Waals surface area (Å²) in [7, 11) is 1.59. The van der Waals surface area contributed by atoms with Crippen LogP contribution in [0.25, 0.3) is 0 Å². The molecule has 14 heavy (non-hydrogen) atoms. The van der Waals surface area contributed by atoms with Crippen molar-refractivity contribution in [3.8, 4) is 0 Å². The van der Waals surface area contributed by atoms with Crippen molar-refractivity contribution >= 4 is 11.6 Å². The van der Waals surface area contributed by atoms with Crippen LogP contribution in [0.3, 0.4) is 0 Å². The van der Waals surface area contributed by atoms with E-state index in [-0.39, 0.29) is 11.9 Å². The first-order valence-corrected chi connectivity index (χ1v) is 4.58. The number of nitrogens with one attached hydrogen (secondary N) is 2. The fourth-order valence-electron chi connectivity index (χ4n) is 1.13. The van der Waals surface area contributed by atoms with Gasteiger partial charge in [-0.05, 0) is 26.0 Å². The maximum absolute atomic E-state index is 11.4. The monoisotopic (exact) mass is 193 g/mol. The van der Waals surface area contributed by atoms with E-state index in [9.17, 15) is 4.79 Å². The van der Waals surface area contributed by atoms with Gasteiger partial charge >= 0.3 is 0 Å². The lowest BCUT2D eigenvalue weighted by Gasteiger charge is -2.12. The van der Waals surface area contributed by atoms with Gasteiger partial charge in [0, 0.05) is 19.3 Å². The van der Waals surface area contributed by atoms with Gasteiger partial charge in [0.15, 0.2) is 5.69 Å². The number of nitrogens with zero attached hydrogens (tertiary/aromatic N) is 1.